The van der Waals surface area contributed by atoms with Gasteiger partial charge in [0.1, 0.15) is 0 Å². The van der Waals surface area contributed by atoms with Crippen LogP contribution in [0.25, 0.3) is 64.3 Å². The van der Waals surface area contributed by atoms with E-state index in [2.05, 4.69) is 196 Å². The van der Waals surface area contributed by atoms with Crippen LogP contribution >= 0.6 is 11.3 Å². The van der Waals surface area contributed by atoms with Crippen molar-refractivity contribution in [2.45, 2.75) is 38.5 Å². The highest BCUT2D eigenvalue weighted by molar-refractivity contribution is 7.26. The standard InChI is InChI=1S/C52H39NS/c1-51(2)44-19-10-8-16-41(44)49-45(51)27-29-48-50(49)42-30-35(25-28-47(42)54-48)53(36-24-26-40-39-15-7-9-18-43(39)52(3,4)46(40)31-36)34-22-20-33(21-23-34)38-17-11-13-32-12-5-6-14-37(32)38/h5-31H,1-4H3. The number of rotatable bonds is 4. The molecule has 0 aliphatic heterocycles. The van der Waals surface area contributed by atoms with E-state index in [4.69, 9.17) is 0 Å². The molecule has 11 rings (SSSR count). The van der Waals surface area contributed by atoms with Gasteiger partial charge in [-0.25, -0.2) is 0 Å². The zero-order valence-corrected chi connectivity index (χ0v) is 31.8. The zero-order chi connectivity index (χ0) is 36.3. The molecule has 1 heterocycles. The molecule has 9 aromatic rings. The summed E-state index contributed by atoms with van der Waals surface area (Å²) in [6, 6.07) is 61.4. The second-order valence-corrected chi connectivity index (χ2v) is 17.2. The molecule has 0 amide bonds. The maximum Gasteiger partial charge on any atom is 0.0468 e. The highest BCUT2D eigenvalue weighted by atomic mass is 32.1. The molecule has 0 N–H and O–H groups in total. The van der Waals surface area contributed by atoms with E-state index >= 15 is 0 Å². The molecule has 1 aromatic heterocycles. The van der Waals surface area contributed by atoms with Crippen molar-refractivity contribution in [2.24, 2.45) is 0 Å². The fraction of sp³-hybridized carbons (Fsp3) is 0.115. The largest absolute Gasteiger partial charge is 0.310 e. The van der Waals surface area contributed by atoms with E-state index in [9.17, 15) is 0 Å². The first-order valence-corrected chi connectivity index (χ1v) is 19.8. The lowest BCUT2D eigenvalue weighted by Gasteiger charge is -2.28. The molecule has 54 heavy (non-hydrogen) atoms. The lowest BCUT2D eigenvalue weighted by Crippen LogP contribution is -2.16. The van der Waals surface area contributed by atoms with Gasteiger partial charge in [-0.3, -0.25) is 0 Å². The van der Waals surface area contributed by atoms with Crippen molar-refractivity contribution in [1.82, 2.24) is 0 Å². The van der Waals surface area contributed by atoms with Crippen molar-refractivity contribution in [3.63, 3.8) is 0 Å². The van der Waals surface area contributed by atoms with Crippen molar-refractivity contribution in [1.29, 1.82) is 0 Å². The van der Waals surface area contributed by atoms with Crippen LogP contribution in [0.15, 0.2) is 164 Å². The Morgan fingerprint density at radius 2 is 1.00 bits per heavy atom. The third-order valence-electron chi connectivity index (χ3n) is 12.5. The summed E-state index contributed by atoms with van der Waals surface area (Å²) in [7, 11) is 0. The Morgan fingerprint density at radius 3 is 1.83 bits per heavy atom. The molecule has 0 atom stereocenters. The van der Waals surface area contributed by atoms with Crippen LogP contribution < -0.4 is 4.90 Å². The molecule has 0 unspecified atom stereocenters. The van der Waals surface area contributed by atoms with E-state index < -0.39 is 0 Å². The van der Waals surface area contributed by atoms with Gasteiger partial charge in [0.2, 0.25) is 0 Å². The minimum atomic E-state index is -0.0971. The van der Waals surface area contributed by atoms with Gasteiger partial charge in [-0.1, -0.05) is 143 Å². The van der Waals surface area contributed by atoms with Gasteiger partial charge in [-0.2, -0.15) is 0 Å². The molecule has 1 nitrogen and oxygen atoms in total. The van der Waals surface area contributed by atoms with Crippen LogP contribution in [0.1, 0.15) is 49.9 Å². The van der Waals surface area contributed by atoms with Crippen molar-refractivity contribution in [3.8, 4) is 33.4 Å². The predicted molar refractivity (Wildman–Crippen MR) is 232 cm³/mol. The Morgan fingerprint density at radius 1 is 0.407 bits per heavy atom. The van der Waals surface area contributed by atoms with E-state index in [1.807, 2.05) is 11.3 Å². The molecular weight excluding hydrogens is 671 g/mol. The molecule has 2 aliphatic carbocycles. The monoisotopic (exact) mass is 709 g/mol. The van der Waals surface area contributed by atoms with Gasteiger partial charge < -0.3 is 4.90 Å². The summed E-state index contributed by atoms with van der Waals surface area (Å²) in [5, 5.41) is 5.24. The van der Waals surface area contributed by atoms with E-state index in [1.54, 1.807) is 0 Å². The summed E-state index contributed by atoms with van der Waals surface area (Å²) in [5.74, 6) is 0. The first-order valence-electron chi connectivity index (χ1n) is 19.0. The molecule has 0 fully saturated rings. The summed E-state index contributed by atoms with van der Waals surface area (Å²) >= 11 is 1.91. The van der Waals surface area contributed by atoms with Crippen LogP contribution in [-0.4, -0.2) is 0 Å². The quantitative estimate of drug-likeness (QED) is 0.176. The number of benzene rings is 8. The number of nitrogens with zero attached hydrogens (tertiary/aromatic N) is 1. The molecule has 0 saturated carbocycles. The Bertz CT molecular complexity index is 2990. The van der Waals surface area contributed by atoms with Gasteiger partial charge in [0.15, 0.2) is 0 Å². The highest BCUT2D eigenvalue weighted by Crippen LogP contribution is 2.55. The fourth-order valence-electron chi connectivity index (χ4n) is 9.73. The first-order chi connectivity index (χ1) is 26.3. The summed E-state index contributed by atoms with van der Waals surface area (Å²) in [6.45, 7) is 9.49. The van der Waals surface area contributed by atoms with Gasteiger partial charge >= 0.3 is 0 Å². The summed E-state index contributed by atoms with van der Waals surface area (Å²) in [5.41, 5.74) is 16.9. The molecular formula is C52H39NS. The van der Waals surface area contributed by atoms with Gasteiger partial charge in [0.25, 0.3) is 0 Å². The minimum absolute atomic E-state index is 0.0430. The predicted octanol–water partition coefficient (Wildman–Crippen LogP) is 15.0. The molecule has 8 aromatic carbocycles. The summed E-state index contributed by atoms with van der Waals surface area (Å²) in [6.07, 6.45) is 0. The lowest BCUT2D eigenvalue weighted by molar-refractivity contribution is 0.660. The van der Waals surface area contributed by atoms with Gasteiger partial charge in [0.05, 0.1) is 0 Å². The second-order valence-electron chi connectivity index (χ2n) is 16.1. The van der Waals surface area contributed by atoms with E-state index in [1.165, 1.54) is 92.3 Å². The maximum atomic E-state index is 2.47. The van der Waals surface area contributed by atoms with E-state index in [0.29, 0.717) is 0 Å². The minimum Gasteiger partial charge on any atom is -0.310 e. The molecule has 0 bridgehead atoms. The number of thiophene rings is 1. The second kappa shape index (κ2) is 11.3. The van der Waals surface area contributed by atoms with Crippen LogP contribution in [0.5, 0.6) is 0 Å². The molecule has 258 valence electrons. The Labute approximate surface area is 320 Å². The average molecular weight is 710 g/mol. The van der Waals surface area contributed by atoms with Crippen molar-refractivity contribution in [3.05, 3.63) is 186 Å². The van der Waals surface area contributed by atoms with Crippen LogP contribution in [0.2, 0.25) is 0 Å². The number of anilines is 3. The van der Waals surface area contributed by atoms with Crippen molar-refractivity contribution < 1.29 is 0 Å². The summed E-state index contributed by atoms with van der Waals surface area (Å²) < 4.78 is 2.66. The van der Waals surface area contributed by atoms with Crippen LogP contribution in [0, 0.1) is 0 Å². The Balaban J connectivity index is 1.12. The molecule has 0 radical (unpaired) electrons. The smallest absolute Gasteiger partial charge is 0.0468 e. The molecule has 0 saturated heterocycles. The van der Waals surface area contributed by atoms with Crippen molar-refractivity contribution >= 4 is 59.3 Å². The zero-order valence-electron chi connectivity index (χ0n) is 30.9. The van der Waals surface area contributed by atoms with Crippen LogP contribution in [0.3, 0.4) is 0 Å². The Kier molecular flexibility index (Phi) is 6.59. The van der Waals surface area contributed by atoms with E-state index in [-0.39, 0.29) is 10.8 Å². The van der Waals surface area contributed by atoms with Crippen molar-refractivity contribution in [2.75, 3.05) is 4.90 Å². The normalized spacial score (nSPS) is 14.6. The third-order valence-corrected chi connectivity index (χ3v) is 13.6. The number of fused-ring (bicyclic) bond motifs is 11. The van der Waals surface area contributed by atoms with Gasteiger partial charge in [-0.15, -0.1) is 11.3 Å². The van der Waals surface area contributed by atoms with Gasteiger partial charge in [-0.05, 0) is 115 Å². The average Bonchev–Trinajstić information content (AvgIpc) is 3.77. The molecule has 2 aliphatic rings. The molecule has 0 spiro atoms. The molecule has 2 heteroatoms. The third kappa shape index (κ3) is 4.38. The van der Waals surface area contributed by atoms with Gasteiger partial charge in [0, 0.05) is 48.1 Å². The lowest BCUT2D eigenvalue weighted by atomic mass is 9.82. The van der Waals surface area contributed by atoms with Crippen LogP contribution in [0.4, 0.5) is 17.1 Å². The first kappa shape index (κ1) is 31.6. The SMILES string of the molecule is CC1(C)c2ccccc2-c2ccc(N(c3ccc(-c4cccc5ccccc45)cc3)c3ccc4sc5ccc6c(c5c4c3)-c3ccccc3C6(C)C)cc21. The number of hydrogen-bond acceptors (Lipinski definition) is 2. The maximum absolute atomic E-state index is 2.47. The highest BCUT2D eigenvalue weighted by Gasteiger charge is 2.38. The fourth-order valence-corrected chi connectivity index (χ4v) is 10.8. The summed E-state index contributed by atoms with van der Waals surface area (Å²) in [4.78, 5) is 2.47. The van der Waals surface area contributed by atoms with E-state index in [0.717, 1.165) is 11.4 Å². The van der Waals surface area contributed by atoms with Crippen LogP contribution in [-0.2, 0) is 10.8 Å². The number of hydrogen-bond donors (Lipinski definition) is 0. The topological polar surface area (TPSA) is 3.24 Å². The Hall–Kier alpha value is -5.96.